The molecule has 3 aliphatic rings. The first-order valence-electron chi connectivity index (χ1n) is 16.9. The molecule has 2 bridgehead atoms. The third-order valence-corrected chi connectivity index (χ3v) is 10.4. The van der Waals surface area contributed by atoms with E-state index in [4.69, 9.17) is 28.4 Å². The molecule has 50 heavy (non-hydrogen) atoms. The van der Waals surface area contributed by atoms with Crippen molar-refractivity contribution in [2.75, 3.05) is 35.0 Å². The van der Waals surface area contributed by atoms with E-state index in [0.29, 0.717) is 65.9 Å². The van der Waals surface area contributed by atoms with Crippen molar-refractivity contribution in [3.63, 3.8) is 0 Å². The van der Waals surface area contributed by atoms with Gasteiger partial charge in [-0.25, -0.2) is 0 Å². The summed E-state index contributed by atoms with van der Waals surface area (Å²) in [5.41, 5.74) is 6.74. The number of aromatic hydroxyl groups is 1. The second-order valence-corrected chi connectivity index (χ2v) is 13.1. The minimum Gasteiger partial charge on any atom is -0.504 e. The monoisotopic (exact) mass is 680 g/mol. The summed E-state index contributed by atoms with van der Waals surface area (Å²) in [4.78, 5) is 16.7. The number of hydrogen-bond acceptors (Lipinski definition) is 9. The molecule has 0 aliphatic carbocycles. The molecule has 4 atom stereocenters. The number of nitrogens with one attached hydrogen (secondary N) is 1. The van der Waals surface area contributed by atoms with Crippen LogP contribution in [0.1, 0.15) is 56.6 Å². The van der Waals surface area contributed by atoms with Gasteiger partial charge in [0.25, 0.3) is 0 Å². The van der Waals surface area contributed by atoms with Crippen LogP contribution in [-0.2, 0) is 35.6 Å². The molecule has 0 aromatic heterocycles. The van der Waals surface area contributed by atoms with Crippen molar-refractivity contribution < 1.29 is 38.3 Å². The molecule has 0 saturated carbocycles. The van der Waals surface area contributed by atoms with Gasteiger partial charge in [-0.05, 0) is 31.4 Å². The predicted molar refractivity (Wildman–Crippen MR) is 188 cm³/mol. The summed E-state index contributed by atoms with van der Waals surface area (Å²) in [5, 5.41) is 15.3. The van der Waals surface area contributed by atoms with Crippen molar-refractivity contribution in [3.8, 4) is 34.5 Å². The van der Waals surface area contributed by atoms with E-state index < -0.39 is 24.2 Å². The molecule has 3 heterocycles. The van der Waals surface area contributed by atoms with Gasteiger partial charge in [-0.1, -0.05) is 60.7 Å². The normalized spacial score (nSPS) is 20.4. The summed E-state index contributed by atoms with van der Waals surface area (Å²) in [5.74, 6) is 2.77. The van der Waals surface area contributed by atoms with Crippen LogP contribution in [0.25, 0.3) is 0 Å². The van der Waals surface area contributed by atoms with Crippen LogP contribution < -0.4 is 29.0 Å². The molecule has 0 spiro atoms. The van der Waals surface area contributed by atoms with Crippen molar-refractivity contribution >= 4 is 5.91 Å². The van der Waals surface area contributed by atoms with Crippen molar-refractivity contribution in [1.29, 1.82) is 0 Å². The fraction of sp³-hybridized carbons (Fsp3) is 0.375. The van der Waals surface area contributed by atoms with E-state index in [9.17, 15) is 9.90 Å². The number of phenolic OH excluding ortho intramolecular Hbond substituents is 1. The zero-order valence-electron chi connectivity index (χ0n) is 29.4. The fourth-order valence-electron chi connectivity index (χ4n) is 8.29. The predicted octanol–water partition coefficient (Wildman–Crippen LogP) is 5.90. The Labute approximate surface area is 292 Å². The van der Waals surface area contributed by atoms with Crippen LogP contribution in [0.2, 0.25) is 0 Å². The van der Waals surface area contributed by atoms with Crippen LogP contribution in [0.3, 0.4) is 0 Å². The number of carbonyl (C=O) groups excluding carboxylic acids is 1. The second kappa shape index (κ2) is 13.8. The Morgan fingerprint density at radius 1 is 0.720 bits per heavy atom. The topological polar surface area (TPSA) is 108 Å². The highest BCUT2D eigenvalue weighted by Gasteiger charge is 2.54. The Morgan fingerprint density at radius 3 is 1.88 bits per heavy atom. The molecule has 1 amide bonds. The third-order valence-electron chi connectivity index (χ3n) is 10.4. The number of hydrogen-bond donors (Lipinski definition) is 2. The third kappa shape index (κ3) is 5.47. The number of amides is 1. The molecule has 10 nitrogen and oxygen atoms in total. The van der Waals surface area contributed by atoms with E-state index in [1.165, 1.54) is 0 Å². The summed E-state index contributed by atoms with van der Waals surface area (Å²) in [7, 11) is 6.43. The Kier molecular flexibility index (Phi) is 9.24. The lowest BCUT2D eigenvalue weighted by atomic mass is 9.74. The van der Waals surface area contributed by atoms with Crippen molar-refractivity contribution in [2.45, 2.75) is 64.1 Å². The SMILES string of the molecule is COc1c(C)c(OC)c2c(c1O)[C@H]1N[C@@H](C2)C(=O)N2C(COCc3ccccc3)c3c(c(OC)c(C)c(OC)c3OCc3ccccc3)C[C@@H]12. The van der Waals surface area contributed by atoms with Gasteiger partial charge < -0.3 is 38.4 Å². The van der Waals surface area contributed by atoms with Crippen LogP contribution in [0.4, 0.5) is 0 Å². The zero-order valence-corrected chi connectivity index (χ0v) is 29.4. The van der Waals surface area contributed by atoms with Crippen molar-refractivity contribution in [3.05, 3.63) is 105 Å². The number of carbonyl (C=O) groups is 1. The van der Waals surface area contributed by atoms with E-state index in [0.717, 1.165) is 33.4 Å². The highest BCUT2D eigenvalue weighted by atomic mass is 16.5. The van der Waals surface area contributed by atoms with E-state index in [1.54, 1.807) is 28.4 Å². The van der Waals surface area contributed by atoms with Crippen LogP contribution in [-0.4, -0.2) is 63.0 Å². The lowest BCUT2D eigenvalue weighted by Gasteiger charge is -2.54. The number of methoxy groups -OCH3 is 4. The summed E-state index contributed by atoms with van der Waals surface area (Å²) in [6.45, 7) is 4.68. The molecular weight excluding hydrogens is 636 g/mol. The summed E-state index contributed by atoms with van der Waals surface area (Å²) in [6.07, 6.45) is 0.769. The lowest BCUT2D eigenvalue weighted by molar-refractivity contribution is -0.148. The van der Waals surface area contributed by atoms with Crippen LogP contribution in [0.15, 0.2) is 60.7 Å². The molecular formula is C40H44N2O8. The van der Waals surface area contributed by atoms with E-state index in [-0.39, 0.29) is 18.3 Å². The maximum Gasteiger partial charge on any atom is 0.240 e. The van der Waals surface area contributed by atoms with Gasteiger partial charge in [-0.3, -0.25) is 10.1 Å². The standard InChI is InChI=1S/C40H44N2O8/c1-22-35(45-3)26-17-28-40(44)42-29(33(41-28)32(26)34(43)37(22)47-5)18-27-31(30(42)21-49-19-24-13-9-7-10-14-24)39(38(48-6)23(2)36(27)46-4)50-20-25-15-11-8-12-16-25/h7-16,28-30,33,41,43H,17-21H2,1-6H3/t28-,29-,30?,33-/m0/s1. The van der Waals surface area contributed by atoms with Crippen LogP contribution >= 0.6 is 0 Å². The maximum absolute atomic E-state index is 14.8. The summed E-state index contributed by atoms with van der Waals surface area (Å²) in [6, 6.07) is 18.0. The molecule has 262 valence electrons. The van der Waals surface area contributed by atoms with Gasteiger partial charge >= 0.3 is 0 Å². The molecule has 4 aromatic rings. The first-order chi connectivity index (χ1) is 24.3. The second-order valence-electron chi connectivity index (χ2n) is 13.1. The molecule has 1 fully saturated rings. The number of fused-ring (bicyclic) bond motifs is 7. The van der Waals surface area contributed by atoms with Gasteiger partial charge in [0.05, 0.1) is 65.8 Å². The van der Waals surface area contributed by atoms with Gasteiger partial charge in [0.1, 0.15) is 18.1 Å². The summed E-state index contributed by atoms with van der Waals surface area (Å²) < 4.78 is 36.9. The molecule has 1 unspecified atom stereocenters. The van der Waals surface area contributed by atoms with E-state index in [1.807, 2.05) is 79.4 Å². The quantitative estimate of drug-likeness (QED) is 0.200. The first-order valence-corrected chi connectivity index (χ1v) is 16.9. The average molecular weight is 681 g/mol. The highest BCUT2D eigenvalue weighted by molar-refractivity contribution is 5.87. The van der Waals surface area contributed by atoms with E-state index in [2.05, 4.69) is 5.32 Å². The zero-order chi connectivity index (χ0) is 35.1. The van der Waals surface area contributed by atoms with Gasteiger partial charge in [0.2, 0.25) is 5.91 Å². The molecule has 4 aromatic carbocycles. The minimum absolute atomic E-state index is 0.0542. The Balaban J connectivity index is 1.41. The maximum atomic E-state index is 14.8. The smallest absolute Gasteiger partial charge is 0.240 e. The number of ether oxygens (including phenoxy) is 6. The molecule has 2 N–H and O–H groups in total. The largest absolute Gasteiger partial charge is 0.504 e. The lowest BCUT2D eigenvalue weighted by Crippen LogP contribution is -2.66. The number of nitrogens with zero attached hydrogens (tertiary/aromatic N) is 1. The Bertz CT molecular complexity index is 1900. The number of phenols is 1. The minimum atomic E-state index is -0.556. The molecule has 10 heteroatoms. The molecule has 0 radical (unpaired) electrons. The van der Waals surface area contributed by atoms with Crippen molar-refractivity contribution in [2.24, 2.45) is 0 Å². The fourth-order valence-corrected chi connectivity index (χ4v) is 8.29. The number of piperazine rings is 1. The Morgan fingerprint density at radius 2 is 1.28 bits per heavy atom. The number of benzene rings is 4. The molecule has 3 aliphatic heterocycles. The molecule has 7 rings (SSSR count). The Hall–Kier alpha value is -4.93. The van der Waals surface area contributed by atoms with Crippen molar-refractivity contribution in [1.82, 2.24) is 10.2 Å². The molecule has 1 saturated heterocycles. The summed E-state index contributed by atoms with van der Waals surface area (Å²) >= 11 is 0. The number of rotatable bonds is 11. The van der Waals surface area contributed by atoms with Gasteiger partial charge in [0, 0.05) is 39.8 Å². The van der Waals surface area contributed by atoms with Crippen LogP contribution in [0.5, 0.6) is 34.5 Å². The van der Waals surface area contributed by atoms with E-state index >= 15 is 0 Å². The van der Waals surface area contributed by atoms with Gasteiger partial charge in [-0.2, -0.15) is 0 Å². The van der Waals surface area contributed by atoms with Gasteiger partial charge in [0.15, 0.2) is 23.0 Å². The van der Waals surface area contributed by atoms with Gasteiger partial charge in [-0.15, -0.1) is 0 Å². The van der Waals surface area contributed by atoms with Crippen LogP contribution in [0, 0.1) is 13.8 Å². The highest BCUT2D eigenvalue weighted by Crippen LogP contribution is 2.56. The average Bonchev–Trinajstić information content (AvgIpc) is 3.13. The first kappa shape index (κ1) is 33.6.